The van der Waals surface area contributed by atoms with Crippen molar-refractivity contribution in [3.05, 3.63) is 29.0 Å². The molecule has 19 heavy (non-hydrogen) atoms. The molecule has 0 bridgehead atoms. The Bertz CT molecular complexity index is 565. The lowest BCUT2D eigenvalue weighted by atomic mass is 10.0. The maximum atomic E-state index is 13.8. The zero-order chi connectivity index (χ0) is 14.0. The second-order valence-electron chi connectivity index (χ2n) is 4.68. The molecule has 106 valence electrons. The van der Waals surface area contributed by atoms with E-state index in [0.717, 1.165) is 18.9 Å². The third-order valence-corrected chi connectivity index (χ3v) is 5.46. The molecule has 0 amide bonds. The van der Waals surface area contributed by atoms with Gasteiger partial charge in [-0.2, -0.15) is 4.31 Å². The van der Waals surface area contributed by atoms with Gasteiger partial charge in [0.15, 0.2) is 0 Å². The van der Waals surface area contributed by atoms with Crippen molar-refractivity contribution in [1.29, 1.82) is 0 Å². The number of hydrogen-bond donors (Lipinski definition) is 1. The van der Waals surface area contributed by atoms with E-state index >= 15 is 0 Å². The number of sulfonamides is 1. The van der Waals surface area contributed by atoms with Crippen LogP contribution in [0.15, 0.2) is 23.1 Å². The van der Waals surface area contributed by atoms with Crippen LogP contribution in [0.25, 0.3) is 0 Å². The molecule has 0 radical (unpaired) electrons. The molecule has 1 heterocycles. The van der Waals surface area contributed by atoms with Gasteiger partial charge in [0.1, 0.15) is 10.7 Å². The fourth-order valence-corrected chi connectivity index (χ4v) is 4.02. The van der Waals surface area contributed by atoms with E-state index in [1.165, 1.54) is 16.4 Å². The number of rotatable bonds is 3. The molecule has 2 rings (SSSR count). The highest BCUT2D eigenvalue weighted by Crippen LogP contribution is 2.26. The van der Waals surface area contributed by atoms with E-state index in [4.69, 9.17) is 17.3 Å². The van der Waals surface area contributed by atoms with Gasteiger partial charge in [0, 0.05) is 18.1 Å². The molecule has 1 aromatic rings. The Hall–Kier alpha value is -0.690. The van der Waals surface area contributed by atoms with Crippen molar-refractivity contribution in [3.63, 3.8) is 0 Å². The molecular formula is C12H16ClFN2O2S. The molecule has 1 aliphatic heterocycles. The Kier molecular flexibility index (Phi) is 4.45. The highest BCUT2D eigenvalue weighted by atomic mass is 35.5. The molecular weight excluding hydrogens is 291 g/mol. The van der Waals surface area contributed by atoms with Crippen molar-refractivity contribution >= 4 is 21.6 Å². The molecule has 1 saturated heterocycles. The second-order valence-corrected chi connectivity index (χ2v) is 7.02. The van der Waals surface area contributed by atoms with Gasteiger partial charge < -0.3 is 5.73 Å². The molecule has 2 N–H and O–H groups in total. The normalized spacial score (nSPS) is 21.5. The van der Waals surface area contributed by atoms with E-state index in [1.807, 2.05) is 0 Å². The topological polar surface area (TPSA) is 63.4 Å². The standard InChI is InChI=1S/C12H16ClFN2O2S/c13-10-3-4-12(11(14)6-10)19(17,18)16-5-1-2-9(7-15)8-16/h3-4,6,9H,1-2,5,7-8,15H2. The minimum absolute atomic E-state index is 0.138. The van der Waals surface area contributed by atoms with E-state index < -0.39 is 15.8 Å². The molecule has 0 aliphatic carbocycles. The van der Waals surface area contributed by atoms with E-state index in [9.17, 15) is 12.8 Å². The first kappa shape index (κ1) is 14.7. The minimum atomic E-state index is -3.81. The number of nitrogens with zero attached hydrogens (tertiary/aromatic N) is 1. The zero-order valence-electron chi connectivity index (χ0n) is 10.4. The molecule has 1 unspecified atom stereocenters. The van der Waals surface area contributed by atoms with E-state index in [-0.39, 0.29) is 15.8 Å². The van der Waals surface area contributed by atoms with Gasteiger partial charge >= 0.3 is 0 Å². The molecule has 1 fully saturated rings. The third kappa shape index (κ3) is 3.08. The van der Waals surface area contributed by atoms with Gasteiger partial charge in [-0.1, -0.05) is 11.6 Å². The van der Waals surface area contributed by atoms with Gasteiger partial charge in [-0.3, -0.25) is 0 Å². The SMILES string of the molecule is NCC1CCCN(S(=O)(=O)c2ccc(Cl)cc2F)C1. The largest absolute Gasteiger partial charge is 0.330 e. The quantitative estimate of drug-likeness (QED) is 0.927. The first-order chi connectivity index (χ1) is 8.95. The van der Waals surface area contributed by atoms with Crippen LogP contribution in [0.3, 0.4) is 0 Å². The van der Waals surface area contributed by atoms with Crippen molar-refractivity contribution in [3.8, 4) is 0 Å². The Morgan fingerprint density at radius 1 is 1.47 bits per heavy atom. The van der Waals surface area contributed by atoms with Gasteiger partial charge in [-0.05, 0) is 43.5 Å². The summed E-state index contributed by atoms with van der Waals surface area (Å²) in [5.74, 6) is -0.679. The predicted molar refractivity (Wildman–Crippen MR) is 71.9 cm³/mol. The molecule has 7 heteroatoms. The van der Waals surface area contributed by atoms with Crippen LogP contribution in [0.5, 0.6) is 0 Å². The predicted octanol–water partition coefficient (Wildman–Crippen LogP) is 1.84. The number of halogens is 2. The van der Waals surface area contributed by atoms with Crippen molar-refractivity contribution < 1.29 is 12.8 Å². The van der Waals surface area contributed by atoms with Crippen molar-refractivity contribution in [1.82, 2.24) is 4.31 Å². The monoisotopic (exact) mass is 306 g/mol. The van der Waals surface area contributed by atoms with Crippen LogP contribution in [0.4, 0.5) is 4.39 Å². The molecule has 1 atom stereocenters. The Labute approximate surface area is 117 Å². The van der Waals surface area contributed by atoms with Crippen molar-refractivity contribution in [2.75, 3.05) is 19.6 Å². The highest BCUT2D eigenvalue weighted by Gasteiger charge is 2.31. The summed E-state index contributed by atoms with van der Waals surface area (Å²) in [7, 11) is -3.81. The second kappa shape index (κ2) is 5.75. The smallest absolute Gasteiger partial charge is 0.245 e. The van der Waals surface area contributed by atoms with Gasteiger partial charge in [0.2, 0.25) is 10.0 Å². The van der Waals surface area contributed by atoms with Gasteiger partial charge in [-0.15, -0.1) is 0 Å². The van der Waals surface area contributed by atoms with Gasteiger partial charge in [-0.25, -0.2) is 12.8 Å². The summed E-state index contributed by atoms with van der Waals surface area (Å²) in [5, 5.41) is 0.176. The van der Waals surface area contributed by atoms with Crippen molar-refractivity contribution in [2.24, 2.45) is 11.7 Å². The lowest BCUT2D eigenvalue weighted by Gasteiger charge is -2.31. The number of benzene rings is 1. The highest BCUT2D eigenvalue weighted by molar-refractivity contribution is 7.89. The minimum Gasteiger partial charge on any atom is -0.330 e. The Morgan fingerprint density at radius 2 is 2.21 bits per heavy atom. The summed E-state index contributed by atoms with van der Waals surface area (Å²) in [6.07, 6.45) is 1.65. The van der Waals surface area contributed by atoms with Gasteiger partial charge in [0.25, 0.3) is 0 Å². The first-order valence-electron chi connectivity index (χ1n) is 6.10. The Balaban J connectivity index is 2.31. The molecule has 1 aliphatic rings. The Morgan fingerprint density at radius 3 is 2.84 bits per heavy atom. The fourth-order valence-electron chi connectivity index (χ4n) is 2.26. The van der Waals surface area contributed by atoms with Crippen LogP contribution in [0.1, 0.15) is 12.8 Å². The van der Waals surface area contributed by atoms with Crippen LogP contribution in [0, 0.1) is 11.7 Å². The van der Waals surface area contributed by atoms with Crippen LogP contribution >= 0.6 is 11.6 Å². The molecule has 0 saturated carbocycles. The van der Waals surface area contributed by atoms with E-state index in [0.29, 0.717) is 19.6 Å². The fraction of sp³-hybridized carbons (Fsp3) is 0.500. The van der Waals surface area contributed by atoms with E-state index in [2.05, 4.69) is 0 Å². The summed E-state index contributed by atoms with van der Waals surface area (Å²) in [6.45, 7) is 1.19. The average molecular weight is 307 g/mol. The van der Waals surface area contributed by atoms with Crippen molar-refractivity contribution in [2.45, 2.75) is 17.7 Å². The lowest BCUT2D eigenvalue weighted by Crippen LogP contribution is -2.42. The van der Waals surface area contributed by atoms with Crippen LogP contribution in [-0.2, 0) is 10.0 Å². The average Bonchev–Trinajstić information content (AvgIpc) is 2.38. The summed E-state index contributed by atoms with van der Waals surface area (Å²) in [4.78, 5) is -0.324. The molecule has 0 spiro atoms. The third-order valence-electron chi connectivity index (χ3n) is 3.33. The zero-order valence-corrected chi connectivity index (χ0v) is 11.9. The van der Waals surface area contributed by atoms with Crippen LogP contribution in [-0.4, -0.2) is 32.4 Å². The summed E-state index contributed by atoms with van der Waals surface area (Å²) < 4.78 is 39.8. The number of piperidine rings is 1. The van der Waals surface area contributed by atoms with Crippen LogP contribution < -0.4 is 5.73 Å². The summed E-state index contributed by atoms with van der Waals surface area (Å²) in [6, 6.07) is 3.60. The van der Waals surface area contributed by atoms with E-state index in [1.54, 1.807) is 0 Å². The number of hydrogen-bond acceptors (Lipinski definition) is 3. The first-order valence-corrected chi connectivity index (χ1v) is 7.92. The maximum Gasteiger partial charge on any atom is 0.245 e. The molecule has 1 aromatic carbocycles. The molecule has 0 aromatic heterocycles. The number of nitrogens with two attached hydrogens (primary N) is 1. The van der Waals surface area contributed by atoms with Crippen LogP contribution in [0.2, 0.25) is 5.02 Å². The lowest BCUT2D eigenvalue weighted by molar-refractivity contribution is 0.271. The van der Waals surface area contributed by atoms with Gasteiger partial charge in [0.05, 0.1) is 0 Å². The molecule has 4 nitrogen and oxygen atoms in total. The summed E-state index contributed by atoms with van der Waals surface area (Å²) in [5.41, 5.74) is 5.58. The summed E-state index contributed by atoms with van der Waals surface area (Å²) >= 11 is 5.63. The maximum absolute atomic E-state index is 13.8.